The Balaban J connectivity index is 0.718. The van der Waals surface area contributed by atoms with E-state index in [-0.39, 0.29) is 44.6 Å². The molecule has 0 radical (unpaired) electrons. The number of halogens is 3. The van der Waals surface area contributed by atoms with Crippen LogP contribution < -0.4 is 43.6 Å². The van der Waals surface area contributed by atoms with E-state index in [2.05, 4.69) is 86.3 Å². The van der Waals surface area contributed by atoms with Crippen LogP contribution in [-0.2, 0) is 13.1 Å². The molecule has 408 valence electrons. The summed E-state index contributed by atoms with van der Waals surface area (Å²) in [6, 6.07) is 14.8. The van der Waals surface area contributed by atoms with Gasteiger partial charge < -0.3 is 38.9 Å². The Morgan fingerprint density at radius 1 is 0.526 bits per heavy atom. The molecule has 4 N–H and O–H groups in total. The van der Waals surface area contributed by atoms with Crippen LogP contribution in [0.4, 0.5) is 13.2 Å². The van der Waals surface area contributed by atoms with Gasteiger partial charge in [0.25, 0.3) is 22.2 Å². The molecule has 6 heterocycles. The van der Waals surface area contributed by atoms with Gasteiger partial charge in [0.1, 0.15) is 38.8 Å². The molecule has 0 amide bonds. The van der Waals surface area contributed by atoms with Crippen LogP contribution in [0.15, 0.2) is 98.6 Å². The summed E-state index contributed by atoms with van der Waals surface area (Å²) in [5, 5.41) is -0.0536. The van der Waals surface area contributed by atoms with Crippen molar-refractivity contribution in [3.05, 3.63) is 205 Å². The summed E-state index contributed by atoms with van der Waals surface area (Å²) < 4.78 is 45.6. The van der Waals surface area contributed by atoms with Crippen molar-refractivity contribution >= 4 is 30.1 Å². The zero-order valence-electron chi connectivity index (χ0n) is 44.3. The SMILES string of the molecule is CC(C)c1c(/C=c2\[nH]c(=O)/c(=C/c3cccc(C(=O)c4ccc(F)cc4)c3)[nH]c2=O)ncn1CCCN1CCN(CN2CCN(CCCn3cnc(/C=c4\[nH]c(=O)/c(=C/c5cc(F)ccc5F)[nH]c4=O)c3C(C)C)CC2)CC1. The summed E-state index contributed by atoms with van der Waals surface area (Å²) in [5.41, 5.74) is 1.96. The number of rotatable bonds is 18. The third kappa shape index (κ3) is 13.5. The second kappa shape index (κ2) is 24.7. The average molecular weight is 1070 g/mol. The summed E-state index contributed by atoms with van der Waals surface area (Å²) in [7, 11) is 0. The van der Waals surface area contributed by atoms with E-state index < -0.39 is 39.7 Å². The van der Waals surface area contributed by atoms with Crippen molar-refractivity contribution < 1.29 is 18.0 Å². The quantitative estimate of drug-likeness (QED) is 0.0924. The van der Waals surface area contributed by atoms with Crippen LogP contribution in [-0.4, -0.2) is 137 Å². The summed E-state index contributed by atoms with van der Waals surface area (Å²) in [6.07, 6.45) is 11.2. The topological polar surface area (TPSA) is 197 Å². The van der Waals surface area contributed by atoms with Crippen molar-refractivity contribution in [3.8, 4) is 0 Å². The molecular weight excluding hydrogens is 1000 g/mol. The number of aromatic amines is 4. The maximum Gasteiger partial charge on any atom is 0.272 e. The minimum absolute atomic E-state index is 0.0139. The van der Waals surface area contributed by atoms with Gasteiger partial charge in [0.2, 0.25) is 0 Å². The van der Waals surface area contributed by atoms with Crippen LogP contribution in [0.1, 0.15) is 102 Å². The van der Waals surface area contributed by atoms with E-state index in [1.165, 1.54) is 30.3 Å². The molecule has 0 aliphatic carbocycles. The first kappa shape index (κ1) is 55.0. The van der Waals surface area contributed by atoms with Crippen LogP contribution in [0.2, 0.25) is 0 Å². The molecule has 4 aromatic heterocycles. The van der Waals surface area contributed by atoms with Crippen molar-refractivity contribution in [2.45, 2.75) is 65.5 Å². The van der Waals surface area contributed by atoms with Crippen LogP contribution in [0, 0.1) is 17.5 Å². The lowest BCUT2D eigenvalue weighted by Gasteiger charge is -2.40. The van der Waals surface area contributed by atoms with E-state index in [1.807, 2.05) is 0 Å². The van der Waals surface area contributed by atoms with Crippen LogP contribution in [0.25, 0.3) is 24.3 Å². The highest BCUT2D eigenvalue weighted by molar-refractivity contribution is 6.09. The predicted octanol–water partition coefficient (Wildman–Crippen LogP) is 2.72. The Labute approximate surface area is 447 Å². The third-order valence-electron chi connectivity index (χ3n) is 14.3. The zero-order chi connectivity index (χ0) is 55.0. The van der Waals surface area contributed by atoms with E-state index in [4.69, 9.17) is 0 Å². The Morgan fingerprint density at radius 2 is 0.974 bits per heavy atom. The molecule has 0 spiro atoms. The van der Waals surface area contributed by atoms with Crippen LogP contribution >= 0.6 is 0 Å². The Morgan fingerprint density at radius 3 is 1.46 bits per heavy atom. The Kier molecular flexibility index (Phi) is 17.4. The number of ketones is 1. The molecule has 20 heteroatoms. The van der Waals surface area contributed by atoms with Crippen molar-refractivity contribution in [2.24, 2.45) is 0 Å². The molecule has 9 rings (SSSR count). The van der Waals surface area contributed by atoms with E-state index in [0.29, 0.717) is 28.1 Å². The molecule has 3 aromatic carbocycles. The number of hydrogen-bond donors (Lipinski definition) is 4. The van der Waals surface area contributed by atoms with E-state index in [9.17, 15) is 37.1 Å². The number of carbonyl (C=O) groups is 1. The lowest BCUT2D eigenvalue weighted by atomic mass is 10.0. The lowest BCUT2D eigenvalue weighted by molar-refractivity contribution is 0.0438. The summed E-state index contributed by atoms with van der Waals surface area (Å²) in [4.78, 5) is 95.3. The second-order valence-corrected chi connectivity index (χ2v) is 20.7. The van der Waals surface area contributed by atoms with E-state index >= 15 is 0 Å². The number of piperazine rings is 2. The van der Waals surface area contributed by atoms with Gasteiger partial charge in [-0.2, -0.15) is 0 Å². The smallest absolute Gasteiger partial charge is 0.272 e. The van der Waals surface area contributed by atoms with Gasteiger partial charge in [0.15, 0.2) is 5.78 Å². The van der Waals surface area contributed by atoms with Gasteiger partial charge >= 0.3 is 0 Å². The summed E-state index contributed by atoms with van der Waals surface area (Å²) in [6.45, 7) is 20.6. The molecule has 0 saturated carbocycles. The normalized spacial score (nSPS) is 16.2. The van der Waals surface area contributed by atoms with Crippen LogP contribution in [0.5, 0.6) is 0 Å². The fraction of sp³-hybridized carbons (Fsp3) is 0.362. The first-order chi connectivity index (χ1) is 37.5. The number of nitrogens with zero attached hydrogens (tertiary/aromatic N) is 8. The van der Waals surface area contributed by atoms with Gasteiger partial charge in [0.05, 0.1) is 30.7 Å². The second-order valence-electron chi connectivity index (χ2n) is 20.7. The van der Waals surface area contributed by atoms with Gasteiger partial charge in [-0.1, -0.05) is 45.9 Å². The van der Waals surface area contributed by atoms with Gasteiger partial charge in [0, 0.05) is 93.5 Å². The Bertz CT molecular complexity index is 3790. The average Bonchev–Trinajstić information content (AvgIpc) is 4.07. The molecule has 2 aliphatic heterocycles. The minimum Gasteiger partial charge on any atom is -0.334 e. The number of imidazole rings is 2. The molecule has 2 aliphatic rings. The van der Waals surface area contributed by atoms with Crippen molar-refractivity contribution in [1.29, 1.82) is 0 Å². The first-order valence-electron chi connectivity index (χ1n) is 26.5. The maximum absolute atomic E-state index is 14.2. The zero-order valence-corrected chi connectivity index (χ0v) is 44.3. The highest BCUT2D eigenvalue weighted by Crippen LogP contribution is 2.22. The number of aryl methyl sites for hydroxylation is 2. The first-order valence-corrected chi connectivity index (χ1v) is 26.5. The molecule has 0 bridgehead atoms. The molecule has 0 atom stereocenters. The fourth-order valence-corrected chi connectivity index (χ4v) is 10.3. The standard InChI is InChI=1S/C58H65F3N12O5/c1-37(2)52-46(32-50-57(77)64-48(55(75)66-50)29-39-8-5-9-41(28-39)54(74)40-10-12-43(59)13-11-40)62-34-72(52)18-6-16-68-20-24-70(25-21-68)36-71-26-22-69(23-27-71)17-7-19-73-35-63-47(53(73)38(3)4)33-51-58(78)65-49(56(76)67-51)31-42-30-44(60)14-15-45(42)61/h5,8-15,28-35,37-38H,6-7,16-27,36H2,1-4H3,(H,64,77)(H,65,78)(H,66,75)(H,67,76)/b48-29-,49-31-,50-32-,51-33-. The third-order valence-corrected chi connectivity index (χ3v) is 14.3. The summed E-state index contributed by atoms with van der Waals surface area (Å²) >= 11 is 0. The molecular formula is C58H65F3N12O5. The van der Waals surface area contributed by atoms with Crippen molar-refractivity contribution in [3.63, 3.8) is 0 Å². The number of benzene rings is 3. The fourth-order valence-electron chi connectivity index (χ4n) is 10.3. The molecule has 78 heavy (non-hydrogen) atoms. The van der Waals surface area contributed by atoms with Gasteiger partial charge in [-0.3, -0.25) is 33.8 Å². The van der Waals surface area contributed by atoms with Crippen molar-refractivity contribution in [2.75, 3.05) is 72.1 Å². The number of hydrogen-bond acceptors (Lipinski definition) is 11. The number of aromatic nitrogens is 8. The van der Waals surface area contributed by atoms with E-state index in [0.717, 1.165) is 134 Å². The molecule has 2 fully saturated rings. The number of H-pyrrole nitrogens is 4. The van der Waals surface area contributed by atoms with Gasteiger partial charge in [-0.05, 0) is 116 Å². The lowest BCUT2D eigenvalue weighted by Crippen LogP contribution is -2.54. The largest absolute Gasteiger partial charge is 0.334 e. The van der Waals surface area contributed by atoms with Gasteiger partial charge in [-0.15, -0.1) is 0 Å². The minimum atomic E-state index is -0.723. The number of nitrogens with one attached hydrogen (secondary N) is 4. The molecule has 17 nitrogen and oxygen atoms in total. The van der Waals surface area contributed by atoms with Gasteiger partial charge in [-0.25, -0.2) is 23.1 Å². The highest BCUT2D eigenvalue weighted by atomic mass is 19.1. The van der Waals surface area contributed by atoms with Crippen LogP contribution in [0.3, 0.4) is 0 Å². The molecule has 7 aromatic rings. The Hall–Kier alpha value is -7.78. The monoisotopic (exact) mass is 1070 g/mol. The van der Waals surface area contributed by atoms with E-state index in [1.54, 1.807) is 49.1 Å². The number of carbonyl (C=O) groups excluding carboxylic acids is 1. The summed E-state index contributed by atoms with van der Waals surface area (Å²) in [5.74, 6) is -1.93. The maximum atomic E-state index is 14.2. The van der Waals surface area contributed by atoms with Crippen molar-refractivity contribution in [1.82, 2.24) is 58.6 Å². The molecule has 2 saturated heterocycles. The molecule has 0 unspecified atom stereocenters. The predicted molar refractivity (Wildman–Crippen MR) is 294 cm³/mol. The highest BCUT2D eigenvalue weighted by Gasteiger charge is 2.23.